The quantitative estimate of drug-likeness (QED) is 0.865. The topological polar surface area (TPSA) is 84.3 Å². The molecular weight excluding hydrogens is 238 g/mol. The van der Waals surface area contributed by atoms with Crippen LogP contribution in [0, 0.1) is 0 Å². The Morgan fingerprint density at radius 1 is 1.60 bits per heavy atom. The van der Waals surface area contributed by atoms with Crippen LogP contribution in [0.15, 0.2) is 6.20 Å². The van der Waals surface area contributed by atoms with Crippen LogP contribution in [-0.4, -0.2) is 29.7 Å². The van der Waals surface area contributed by atoms with Crippen molar-refractivity contribution in [2.24, 2.45) is 0 Å². The monoisotopic (exact) mass is 249 g/mol. The zero-order chi connectivity index (χ0) is 11.6. The second-order valence-electron chi connectivity index (χ2n) is 3.29. The van der Waals surface area contributed by atoms with Gasteiger partial charge in [0.05, 0.1) is 11.0 Å². The van der Waals surface area contributed by atoms with Crippen LogP contribution in [0.2, 0.25) is 0 Å². The lowest BCUT2D eigenvalue weighted by molar-refractivity contribution is 0.0696. The fourth-order valence-electron chi connectivity index (χ4n) is 0.838. The van der Waals surface area contributed by atoms with Crippen molar-refractivity contribution in [1.29, 1.82) is 0 Å². The molecule has 1 aromatic heterocycles. The molecule has 0 fully saturated rings. The largest absolute Gasteiger partial charge is 0.476 e. The molecule has 0 unspecified atom stereocenters. The highest BCUT2D eigenvalue weighted by Crippen LogP contribution is 2.18. The van der Waals surface area contributed by atoms with Crippen molar-refractivity contribution in [2.75, 3.05) is 0 Å². The molecule has 0 aliphatic carbocycles. The highest BCUT2D eigenvalue weighted by molar-refractivity contribution is 7.91. The number of thiazole rings is 1. The minimum atomic E-state index is -3.19. The lowest BCUT2D eigenvalue weighted by atomic mass is 10.6. The van der Waals surface area contributed by atoms with Crippen molar-refractivity contribution in [2.45, 2.75) is 24.9 Å². The minimum Gasteiger partial charge on any atom is -0.476 e. The molecule has 0 atom stereocenters. The normalized spacial score (nSPS) is 11.9. The fraction of sp³-hybridized carbons (Fsp3) is 0.500. The third kappa shape index (κ3) is 3.00. The maximum Gasteiger partial charge on any atom is 0.365 e. The van der Waals surface area contributed by atoms with Crippen LogP contribution in [-0.2, 0) is 15.6 Å². The summed E-state index contributed by atoms with van der Waals surface area (Å²) in [5.74, 6) is -1.27. The van der Waals surface area contributed by atoms with E-state index < -0.39 is 21.1 Å². The fourth-order valence-corrected chi connectivity index (χ4v) is 2.92. The van der Waals surface area contributed by atoms with E-state index in [1.165, 1.54) is 6.20 Å². The molecule has 15 heavy (non-hydrogen) atoms. The van der Waals surface area contributed by atoms with Crippen LogP contribution in [0.3, 0.4) is 0 Å². The minimum absolute atomic E-state index is 0.0797. The Balaban J connectivity index is 2.87. The molecule has 0 aromatic carbocycles. The maximum absolute atomic E-state index is 11.5. The van der Waals surface area contributed by atoms with Gasteiger partial charge in [0.1, 0.15) is 0 Å². The van der Waals surface area contributed by atoms with Crippen molar-refractivity contribution in [3.8, 4) is 0 Å². The molecule has 0 aliphatic heterocycles. The van der Waals surface area contributed by atoms with Crippen LogP contribution in [0.4, 0.5) is 0 Å². The van der Waals surface area contributed by atoms with E-state index in [2.05, 4.69) is 4.98 Å². The van der Waals surface area contributed by atoms with Gasteiger partial charge in [0.25, 0.3) is 0 Å². The number of carboxylic acids is 1. The highest BCUT2D eigenvalue weighted by atomic mass is 32.2. The van der Waals surface area contributed by atoms with Gasteiger partial charge in [-0.15, -0.1) is 11.3 Å². The van der Waals surface area contributed by atoms with Crippen LogP contribution in [0.1, 0.15) is 28.5 Å². The molecule has 5 nitrogen and oxygen atoms in total. The number of carbonyl (C=O) groups is 1. The van der Waals surface area contributed by atoms with E-state index in [-0.39, 0.29) is 10.8 Å². The van der Waals surface area contributed by atoms with Crippen molar-refractivity contribution in [3.63, 3.8) is 0 Å². The molecule has 0 spiro atoms. The van der Waals surface area contributed by atoms with E-state index in [9.17, 15) is 13.2 Å². The zero-order valence-corrected chi connectivity index (χ0v) is 9.93. The predicted octanol–water partition coefficient (Wildman–Crippen LogP) is 1.16. The summed E-state index contributed by atoms with van der Waals surface area (Å²) >= 11 is 0.895. The zero-order valence-electron chi connectivity index (χ0n) is 8.30. The van der Waals surface area contributed by atoms with E-state index in [4.69, 9.17) is 5.11 Å². The molecule has 0 saturated heterocycles. The van der Waals surface area contributed by atoms with Crippen LogP contribution < -0.4 is 0 Å². The Labute approximate surface area is 91.7 Å². The van der Waals surface area contributed by atoms with Crippen molar-refractivity contribution >= 4 is 27.1 Å². The van der Waals surface area contributed by atoms with Crippen molar-refractivity contribution < 1.29 is 18.3 Å². The second-order valence-corrected chi connectivity index (χ2v) is 6.97. The first-order valence-corrected chi connectivity index (χ1v) is 6.75. The van der Waals surface area contributed by atoms with Crippen LogP contribution >= 0.6 is 11.3 Å². The van der Waals surface area contributed by atoms with Gasteiger partial charge in [-0.05, 0) is 13.8 Å². The van der Waals surface area contributed by atoms with E-state index >= 15 is 0 Å². The van der Waals surface area contributed by atoms with Gasteiger partial charge in [-0.3, -0.25) is 0 Å². The summed E-state index contributed by atoms with van der Waals surface area (Å²) in [5.41, 5.74) is 0. The number of hydrogen-bond donors (Lipinski definition) is 1. The highest BCUT2D eigenvalue weighted by Gasteiger charge is 2.19. The molecule has 0 amide bonds. The number of aromatic carboxylic acids is 1. The average molecular weight is 249 g/mol. The Bertz CT molecular complexity index is 461. The summed E-state index contributed by atoms with van der Waals surface area (Å²) in [6.45, 7) is 3.18. The van der Waals surface area contributed by atoms with Gasteiger partial charge in [0, 0.05) is 11.1 Å². The summed E-state index contributed by atoms with van der Waals surface area (Å²) in [5, 5.41) is 8.06. The summed E-state index contributed by atoms with van der Waals surface area (Å²) in [6.07, 6.45) is 1.30. The molecule has 84 valence electrons. The number of aromatic nitrogens is 1. The van der Waals surface area contributed by atoms with Crippen molar-refractivity contribution in [1.82, 2.24) is 4.98 Å². The number of carboxylic acid groups (broad SMARTS) is 1. The summed E-state index contributed by atoms with van der Waals surface area (Å²) < 4.78 is 23.0. The van der Waals surface area contributed by atoms with E-state index in [0.717, 1.165) is 11.3 Å². The SMILES string of the molecule is CC(C)S(=O)(=O)Cc1cnc(C(=O)O)s1. The van der Waals surface area contributed by atoms with E-state index in [1.807, 2.05) is 0 Å². The standard InChI is InChI=1S/C8H11NO4S2/c1-5(2)15(12,13)4-6-3-9-7(14-6)8(10)11/h3,5H,4H2,1-2H3,(H,10,11). The van der Waals surface area contributed by atoms with Gasteiger partial charge < -0.3 is 5.11 Å². The molecule has 0 aliphatic rings. The Morgan fingerprint density at radius 3 is 2.60 bits per heavy atom. The number of nitrogens with zero attached hydrogens (tertiary/aromatic N) is 1. The first-order valence-electron chi connectivity index (χ1n) is 4.22. The Morgan fingerprint density at radius 2 is 2.20 bits per heavy atom. The summed E-state index contributed by atoms with van der Waals surface area (Å²) in [6, 6.07) is 0. The maximum atomic E-state index is 11.5. The molecule has 1 N–H and O–H groups in total. The van der Waals surface area contributed by atoms with Gasteiger partial charge in [0.2, 0.25) is 5.01 Å². The van der Waals surface area contributed by atoms with Crippen molar-refractivity contribution in [3.05, 3.63) is 16.1 Å². The molecule has 1 aromatic rings. The van der Waals surface area contributed by atoms with E-state index in [1.54, 1.807) is 13.8 Å². The lowest BCUT2D eigenvalue weighted by Crippen LogP contribution is -2.15. The van der Waals surface area contributed by atoms with Crippen LogP contribution in [0.5, 0.6) is 0 Å². The molecule has 1 heterocycles. The average Bonchev–Trinajstić information content (AvgIpc) is 2.51. The van der Waals surface area contributed by atoms with Gasteiger partial charge in [-0.1, -0.05) is 0 Å². The smallest absolute Gasteiger partial charge is 0.365 e. The second kappa shape index (κ2) is 4.28. The Hall–Kier alpha value is -0.950. The van der Waals surface area contributed by atoms with Gasteiger partial charge in [0.15, 0.2) is 9.84 Å². The number of rotatable bonds is 4. The molecular formula is C8H11NO4S2. The third-order valence-electron chi connectivity index (χ3n) is 1.80. The molecule has 0 radical (unpaired) electrons. The van der Waals surface area contributed by atoms with Gasteiger partial charge in [-0.25, -0.2) is 18.2 Å². The molecule has 0 bridgehead atoms. The predicted molar refractivity (Wildman–Crippen MR) is 56.8 cm³/mol. The summed E-state index contributed by atoms with van der Waals surface area (Å²) in [7, 11) is -3.19. The van der Waals surface area contributed by atoms with Gasteiger partial charge >= 0.3 is 5.97 Å². The Kier molecular flexibility index (Phi) is 3.46. The molecule has 7 heteroatoms. The first kappa shape index (κ1) is 12.1. The first-order chi connectivity index (χ1) is 6.83. The number of sulfone groups is 1. The third-order valence-corrected chi connectivity index (χ3v) is 5.12. The number of hydrogen-bond acceptors (Lipinski definition) is 5. The lowest BCUT2D eigenvalue weighted by Gasteiger charge is -2.04. The van der Waals surface area contributed by atoms with E-state index in [0.29, 0.717) is 4.88 Å². The van der Waals surface area contributed by atoms with Gasteiger partial charge in [-0.2, -0.15) is 0 Å². The van der Waals surface area contributed by atoms with Crippen LogP contribution in [0.25, 0.3) is 0 Å². The summed E-state index contributed by atoms with van der Waals surface area (Å²) in [4.78, 5) is 14.6. The molecule has 0 saturated carbocycles. The molecule has 1 rings (SSSR count).